The summed E-state index contributed by atoms with van der Waals surface area (Å²) in [4.78, 5) is 61.8. The Kier molecular flexibility index (Phi) is 10.8. The van der Waals surface area contributed by atoms with Gasteiger partial charge in [-0.25, -0.2) is 0 Å². The number of aliphatic imine (C=N–C) groups is 2. The van der Waals surface area contributed by atoms with Crippen molar-refractivity contribution >= 4 is 49.8 Å². The Morgan fingerprint density at radius 2 is 1.51 bits per heavy atom. The van der Waals surface area contributed by atoms with Crippen molar-refractivity contribution in [3.63, 3.8) is 0 Å². The van der Waals surface area contributed by atoms with Gasteiger partial charge in [-0.1, -0.05) is 5.57 Å². The molecule has 0 unspecified atom stereocenters. The Hall–Kier alpha value is -4.75. The number of nitrogens with one attached hydrogen (secondary N) is 1. The Labute approximate surface area is 300 Å². The van der Waals surface area contributed by atoms with Gasteiger partial charge in [-0.15, -0.1) is 0 Å². The van der Waals surface area contributed by atoms with Crippen molar-refractivity contribution in [2.24, 2.45) is 9.98 Å². The van der Waals surface area contributed by atoms with E-state index in [4.69, 9.17) is 14.2 Å². The first kappa shape index (κ1) is 36.1. The van der Waals surface area contributed by atoms with Crippen molar-refractivity contribution in [2.75, 3.05) is 26.9 Å². The van der Waals surface area contributed by atoms with Crippen LogP contribution >= 0.6 is 0 Å². The van der Waals surface area contributed by atoms with E-state index in [0.717, 1.165) is 23.1 Å². The third-order valence-corrected chi connectivity index (χ3v) is 11.0. The van der Waals surface area contributed by atoms with Gasteiger partial charge in [-0.05, 0) is 81.9 Å². The number of fused-ring (bicyclic) bond motifs is 4. The number of ether oxygens (including phenoxy) is 3. The molecule has 4 aliphatic heterocycles. The van der Waals surface area contributed by atoms with E-state index in [2.05, 4.69) is 15.3 Å². The summed E-state index contributed by atoms with van der Waals surface area (Å²) in [5.41, 5.74) is 5.20. The molecule has 0 radical (unpaired) electrons. The lowest BCUT2D eigenvalue weighted by Gasteiger charge is -2.19. The molecule has 0 aliphatic carbocycles. The van der Waals surface area contributed by atoms with Gasteiger partial charge in [0.1, 0.15) is 5.75 Å². The molecule has 0 spiro atoms. The molecule has 0 saturated heterocycles. The molecule has 4 heterocycles. The van der Waals surface area contributed by atoms with Crippen LogP contribution in [0.1, 0.15) is 71.7 Å². The van der Waals surface area contributed by atoms with E-state index >= 15 is 0 Å². The molecule has 270 valence electrons. The maximum atomic E-state index is 13.6. The normalized spacial score (nSPS) is 19.0. The smallest absolute Gasteiger partial charge is 0.260 e. The van der Waals surface area contributed by atoms with Crippen molar-refractivity contribution in [3.05, 3.63) is 64.5 Å². The second kappa shape index (κ2) is 15.2. The summed E-state index contributed by atoms with van der Waals surface area (Å²) in [6.07, 6.45) is 11.1. The molecule has 51 heavy (non-hydrogen) atoms. The minimum absolute atomic E-state index is 0.0205. The van der Waals surface area contributed by atoms with Crippen LogP contribution in [-0.4, -0.2) is 92.0 Å². The molecule has 2 aromatic rings. The van der Waals surface area contributed by atoms with Crippen LogP contribution in [0.15, 0.2) is 57.8 Å². The molecule has 3 amide bonds. The molecule has 2 aromatic carbocycles. The van der Waals surface area contributed by atoms with Gasteiger partial charge in [0.05, 0.1) is 54.9 Å². The monoisotopic (exact) mass is 713 g/mol. The van der Waals surface area contributed by atoms with Crippen LogP contribution in [-0.2, 0) is 4.79 Å². The van der Waals surface area contributed by atoms with Crippen LogP contribution < -0.4 is 19.5 Å². The van der Waals surface area contributed by atoms with Gasteiger partial charge in [-0.2, -0.15) is 0 Å². The SMILES string of the molecule is COc1cc2c(cc1OCCCOc1cc3c(cc1C)C(=O)N1C=C(C)C[C@H]1C=N3)N=C[C@@H]1CC(CCNC(=O)CCC[Si](C)(C)O)=CN1C2=O. The number of rotatable bonds is 14. The third-order valence-electron chi connectivity index (χ3n) is 9.44. The van der Waals surface area contributed by atoms with Crippen LogP contribution in [0.3, 0.4) is 0 Å². The molecule has 2 N–H and O–H groups in total. The first-order chi connectivity index (χ1) is 24.4. The zero-order chi connectivity index (χ0) is 36.3. The highest BCUT2D eigenvalue weighted by Crippen LogP contribution is 2.39. The van der Waals surface area contributed by atoms with E-state index in [1.54, 1.807) is 28.1 Å². The minimum atomic E-state index is -2.14. The number of benzene rings is 2. The molecule has 0 saturated carbocycles. The van der Waals surface area contributed by atoms with Crippen molar-refractivity contribution in [1.82, 2.24) is 15.1 Å². The number of nitrogens with zero attached hydrogens (tertiary/aromatic N) is 4. The summed E-state index contributed by atoms with van der Waals surface area (Å²) in [6, 6.07) is 7.53. The van der Waals surface area contributed by atoms with Gasteiger partial charge in [0, 0.05) is 56.3 Å². The molecule has 12 nitrogen and oxygen atoms in total. The lowest BCUT2D eigenvalue weighted by molar-refractivity contribution is -0.121. The highest BCUT2D eigenvalue weighted by molar-refractivity contribution is 6.69. The number of aryl methyl sites for hydroxylation is 1. The Balaban J connectivity index is 1.01. The van der Waals surface area contributed by atoms with Crippen LogP contribution in [0.25, 0.3) is 0 Å². The van der Waals surface area contributed by atoms with E-state index in [1.807, 2.05) is 57.7 Å². The Morgan fingerprint density at radius 1 is 0.882 bits per heavy atom. The molecule has 0 fully saturated rings. The average Bonchev–Trinajstić information content (AvgIpc) is 3.61. The maximum Gasteiger partial charge on any atom is 0.260 e. The third kappa shape index (κ3) is 8.42. The van der Waals surface area contributed by atoms with E-state index in [1.165, 1.54) is 7.11 Å². The van der Waals surface area contributed by atoms with Crippen molar-refractivity contribution < 1.29 is 33.4 Å². The standard InChI is InChI=1S/C38H47N5O7Si/c1-24-14-27-20-40-31-18-33(25(2)15-29(31)37(45)42(27)22-24)49-11-7-12-50-35-19-32-30(17-34(35)48-3)38(46)43-23-26(16-28(43)21-41-32)9-10-39-36(44)8-6-13-51(4,5)47/h15,17-23,27-28,47H,6-14,16H2,1-5H3,(H,39,44)/t27-,28-/m0/s1. The highest BCUT2D eigenvalue weighted by atomic mass is 28.4. The van der Waals surface area contributed by atoms with Crippen molar-refractivity contribution in [3.8, 4) is 17.2 Å². The number of amides is 3. The van der Waals surface area contributed by atoms with E-state index in [-0.39, 0.29) is 29.8 Å². The van der Waals surface area contributed by atoms with Crippen LogP contribution in [0.4, 0.5) is 11.4 Å². The molecular weight excluding hydrogens is 667 g/mol. The fourth-order valence-corrected chi connectivity index (χ4v) is 7.78. The van der Waals surface area contributed by atoms with Gasteiger partial charge in [-0.3, -0.25) is 24.4 Å². The van der Waals surface area contributed by atoms with Gasteiger partial charge >= 0.3 is 0 Å². The second-order valence-corrected chi connectivity index (χ2v) is 18.4. The number of carbonyl (C=O) groups excluding carboxylic acids is 3. The summed E-state index contributed by atoms with van der Waals surface area (Å²) in [5, 5.41) is 2.95. The fourth-order valence-electron chi connectivity index (χ4n) is 6.74. The van der Waals surface area contributed by atoms with Crippen molar-refractivity contribution in [1.29, 1.82) is 0 Å². The maximum absolute atomic E-state index is 13.6. The largest absolute Gasteiger partial charge is 0.493 e. The second-order valence-electron chi connectivity index (χ2n) is 14.3. The molecule has 4 aliphatic rings. The number of methoxy groups -OCH3 is 1. The molecule has 6 rings (SSSR count). The van der Waals surface area contributed by atoms with E-state index in [0.29, 0.717) is 97.7 Å². The number of hydrogen-bond donors (Lipinski definition) is 2. The topological polar surface area (TPSA) is 142 Å². The summed E-state index contributed by atoms with van der Waals surface area (Å²) in [7, 11) is -0.605. The Morgan fingerprint density at radius 3 is 2.20 bits per heavy atom. The molecule has 2 atom stereocenters. The first-order valence-electron chi connectivity index (χ1n) is 17.6. The summed E-state index contributed by atoms with van der Waals surface area (Å²) >= 11 is 0. The van der Waals surface area contributed by atoms with Crippen LogP contribution in [0, 0.1) is 6.92 Å². The fraction of sp³-hybridized carbons (Fsp3) is 0.447. The van der Waals surface area contributed by atoms with Gasteiger partial charge in [0.15, 0.2) is 19.8 Å². The van der Waals surface area contributed by atoms with E-state index < -0.39 is 8.32 Å². The predicted octanol–water partition coefficient (Wildman–Crippen LogP) is 5.98. The zero-order valence-corrected chi connectivity index (χ0v) is 31.0. The number of carbonyl (C=O) groups is 3. The van der Waals surface area contributed by atoms with Gasteiger partial charge in [0.25, 0.3) is 11.8 Å². The van der Waals surface area contributed by atoms with Gasteiger partial charge in [0.2, 0.25) is 5.91 Å². The summed E-state index contributed by atoms with van der Waals surface area (Å²) in [6.45, 7) is 8.92. The molecule has 0 bridgehead atoms. The predicted molar refractivity (Wildman–Crippen MR) is 198 cm³/mol. The summed E-state index contributed by atoms with van der Waals surface area (Å²) < 4.78 is 17.8. The van der Waals surface area contributed by atoms with Gasteiger partial charge < -0.3 is 34.1 Å². The minimum Gasteiger partial charge on any atom is -0.493 e. The van der Waals surface area contributed by atoms with Crippen LogP contribution in [0.5, 0.6) is 17.2 Å². The molecular formula is C38H47N5O7Si. The van der Waals surface area contributed by atoms with E-state index in [9.17, 15) is 19.2 Å². The zero-order valence-electron chi connectivity index (χ0n) is 30.0. The quantitative estimate of drug-likeness (QED) is 0.181. The highest BCUT2D eigenvalue weighted by Gasteiger charge is 2.34. The number of hydrogen-bond acceptors (Lipinski definition) is 9. The first-order valence-corrected chi connectivity index (χ1v) is 20.8. The van der Waals surface area contributed by atoms with Crippen LogP contribution in [0.2, 0.25) is 19.1 Å². The average molecular weight is 714 g/mol. The summed E-state index contributed by atoms with van der Waals surface area (Å²) in [5.74, 6) is 1.35. The lowest BCUT2D eigenvalue weighted by Crippen LogP contribution is -2.32. The molecule has 13 heteroatoms. The Bertz CT molecular complexity index is 1830. The molecule has 0 aromatic heterocycles. The lowest BCUT2D eigenvalue weighted by atomic mass is 10.1. The van der Waals surface area contributed by atoms with Crippen molar-refractivity contribution in [2.45, 2.75) is 83.6 Å².